The van der Waals surface area contributed by atoms with Crippen LogP contribution in [-0.2, 0) is 11.8 Å². The molecule has 6 aromatic rings. The second-order valence-electron chi connectivity index (χ2n) is 19.8. The summed E-state index contributed by atoms with van der Waals surface area (Å²) in [6, 6.07) is 41.4. The molecule has 0 radical (unpaired) electrons. The lowest BCUT2D eigenvalue weighted by molar-refractivity contribution is 0.440. The normalized spacial score (nSPS) is 23.2. The first kappa shape index (κ1) is 39.0. The first-order valence-corrected chi connectivity index (χ1v) is 25.0. The Labute approximate surface area is 394 Å². The molecule has 0 saturated carbocycles. The van der Waals surface area contributed by atoms with Crippen LogP contribution in [0.2, 0.25) is 0 Å². The Kier molecular flexibility index (Phi) is 9.01. The van der Waals surface area contributed by atoms with Crippen molar-refractivity contribution >= 4 is 44.8 Å². The Morgan fingerprint density at radius 1 is 0.582 bits per heavy atom. The molecule has 0 saturated heterocycles. The smallest absolute Gasteiger partial charge is 0.0541 e. The van der Waals surface area contributed by atoms with Gasteiger partial charge in [-0.3, -0.25) is 0 Å². The first-order valence-electron chi connectivity index (χ1n) is 25.0. The molecule has 5 aromatic carbocycles. The van der Waals surface area contributed by atoms with Crippen molar-refractivity contribution in [3.63, 3.8) is 0 Å². The first-order chi connectivity index (χ1) is 33.2. The molecule has 8 aliphatic carbocycles. The quantitative estimate of drug-likeness (QED) is 0.162. The van der Waals surface area contributed by atoms with Crippen molar-refractivity contribution < 1.29 is 0 Å². The van der Waals surface area contributed by atoms with Crippen LogP contribution in [-0.4, -0.2) is 4.57 Å². The van der Waals surface area contributed by atoms with Gasteiger partial charge in [0.2, 0.25) is 0 Å². The molecule has 324 valence electrons. The van der Waals surface area contributed by atoms with E-state index in [1.807, 2.05) is 0 Å². The van der Waals surface area contributed by atoms with Crippen LogP contribution in [0.1, 0.15) is 91.5 Å². The van der Waals surface area contributed by atoms with E-state index < -0.39 is 0 Å². The predicted octanol–water partition coefficient (Wildman–Crippen LogP) is 16.7. The summed E-state index contributed by atoms with van der Waals surface area (Å²) < 4.78 is 2.41. The van der Waals surface area contributed by atoms with Crippen LogP contribution >= 0.6 is 0 Å². The Balaban J connectivity index is 0.848. The van der Waals surface area contributed by atoms with Crippen molar-refractivity contribution in [1.82, 2.24) is 4.57 Å². The summed E-state index contributed by atoms with van der Waals surface area (Å²) in [4.78, 5) is 2.65. The summed E-state index contributed by atoms with van der Waals surface area (Å²) in [5, 5.41) is 2.62. The standard InChI is InChI=1S/C65H54N2/c1-2-17-48(18-3-1)67-63-27-13-9-23-56(63)57-41-47(35-40-64(57)67)45-31-29-43(30-32-45)44-33-36-49(37-34-44)66(62-28-14-16-46-15-4-5-19-51(46)62)50-38-39-55-54-22-8-12-26-60(54)65(61(55)42-50)58-24-10-6-20-52(58)53-21-7-11-25-59(53)65/h1-3,5-6,8-9,12-14,16-23,25-29,31,33,35-36,38-42,54,60H,4,7,10-11,15,24,30,32,34,37H2. The van der Waals surface area contributed by atoms with Gasteiger partial charge in [-0.15, -0.1) is 0 Å². The maximum absolute atomic E-state index is 2.65. The zero-order valence-electron chi connectivity index (χ0n) is 38.1. The summed E-state index contributed by atoms with van der Waals surface area (Å²) in [6.07, 6.45) is 45.1. The number of aryl methyl sites for hydroxylation is 1. The number of rotatable bonds is 6. The molecule has 0 N–H and O–H groups in total. The van der Waals surface area contributed by atoms with Crippen LogP contribution in [0.5, 0.6) is 0 Å². The van der Waals surface area contributed by atoms with Gasteiger partial charge in [-0.2, -0.15) is 0 Å². The molecular weight excluding hydrogens is 809 g/mol. The zero-order valence-corrected chi connectivity index (χ0v) is 38.1. The summed E-state index contributed by atoms with van der Waals surface area (Å²) >= 11 is 0. The van der Waals surface area contributed by atoms with E-state index in [1.165, 1.54) is 100 Å². The molecular formula is C65H54N2. The number of allylic oxidation sites excluding steroid dienone is 21. The summed E-state index contributed by atoms with van der Waals surface area (Å²) in [5.74, 6) is 0.761. The molecule has 1 heterocycles. The van der Waals surface area contributed by atoms with Crippen molar-refractivity contribution in [1.29, 1.82) is 0 Å². The van der Waals surface area contributed by atoms with E-state index in [-0.39, 0.29) is 5.41 Å². The molecule has 0 bridgehead atoms. The van der Waals surface area contributed by atoms with E-state index in [2.05, 4.69) is 204 Å². The minimum Gasteiger partial charge on any atom is -0.314 e. The van der Waals surface area contributed by atoms with Crippen LogP contribution in [0.3, 0.4) is 0 Å². The third-order valence-electron chi connectivity index (χ3n) is 16.5. The van der Waals surface area contributed by atoms with Crippen LogP contribution < -0.4 is 4.90 Å². The fourth-order valence-electron chi connectivity index (χ4n) is 13.7. The Morgan fingerprint density at radius 2 is 1.37 bits per heavy atom. The average molecular weight is 863 g/mol. The molecule has 14 rings (SSSR count). The molecule has 2 nitrogen and oxygen atoms in total. The Bertz CT molecular complexity index is 3470. The van der Waals surface area contributed by atoms with Crippen molar-refractivity contribution in [2.75, 3.05) is 4.90 Å². The lowest BCUT2D eigenvalue weighted by atomic mass is 9.63. The molecule has 2 heteroatoms. The summed E-state index contributed by atoms with van der Waals surface area (Å²) in [6.45, 7) is 0. The van der Waals surface area contributed by atoms with Crippen molar-refractivity contribution in [3.05, 3.63) is 255 Å². The van der Waals surface area contributed by atoms with Gasteiger partial charge in [-0.25, -0.2) is 0 Å². The fourth-order valence-corrected chi connectivity index (χ4v) is 13.7. The third kappa shape index (κ3) is 5.88. The second-order valence-corrected chi connectivity index (χ2v) is 19.8. The number of hydrogen-bond acceptors (Lipinski definition) is 1. The third-order valence-corrected chi connectivity index (χ3v) is 16.5. The van der Waals surface area contributed by atoms with Crippen LogP contribution in [0.15, 0.2) is 227 Å². The van der Waals surface area contributed by atoms with E-state index >= 15 is 0 Å². The number of hydrogen-bond donors (Lipinski definition) is 0. The minimum absolute atomic E-state index is 0.133. The maximum Gasteiger partial charge on any atom is 0.0541 e. The second kappa shape index (κ2) is 15.5. The minimum atomic E-state index is -0.133. The zero-order chi connectivity index (χ0) is 44.1. The number of aromatic nitrogens is 1. The highest BCUT2D eigenvalue weighted by atomic mass is 15.2. The molecule has 3 unspecified atom stereocenters. The molecule has 0 amide bonds. The van der Waals surface area contributed by atoms with Gasteiger partial charge in [0.05, 0.1) is 16.7 Å². The molecule has 3 atom stereocenters. The topological polar surface area (TPSA) is 8.17 Å². The van der Waals surface area contributed by atoms with Gasteiger partial charge >= 0.3 is 0 Å². The van der Waals surface area contributed by atoms with E-state index in [9.17, 15) is 0 Å². The van der Waals surface area contributed by atoms with Crippen LogP contribution in [0, 0.1) is 5.92 Å². The lowest BCUT2D eigenvalue weighted by Crippen LogP contribution is -2.35. The van der Waals surface area contributed by atoms with Crippen molar-refractivity contribution in [2.24, 2.45) is 5.92 Å². The number of para-hydroxylation sites is 2. The number of benzene rings is 5. The van der Waals surface area contributed by atoms with Crippen molar-refractivity contribution in [2.45, 2.75) is 75.5 Å². The SMILES string of the molecule is C1=CC2c3ccc(N(C4=CC=C(C5=CC=C(c6ccc7c(c6)c6ccccc6n7-c6ccccc6)CC5)CC4)c4cccc5c4C=CCC5)cc3C3(C4=CCCC=C4C4=C3CCC=C4)C2C=C1. The lowest BCUT2D eigenvalue weighted by Gasteiger charge is -2.39. The van der Waals surface area contributed by atoms with E-state index in [0.717, 1.165) is 64.2 Å². The average Bonchev–Trinajstić information content (AvgIpc) is 4.01. The van der Waals surface area contributed by atoms with Gasteiger partial charge in [0.25, 0.3) is 0 Å². The molecule has 1 aromatic heterocycles. The Hall–Kier alpha value is -7.16. The molecule has 67 heavy (non-hydrogen) atoms. The van der Waals surface area contributed by atoms with Gasteiger partial charge in [0.15, 0.2) is 0 Å². The summed E-state index contributed by atoms with van der Waals surface area (Å²) in [7, 11) is 0. The van der Waals surface area contributed by atoms with Gasteiger partial charge in [0.1, 0.15) is 0 Å². The van der Waals surface area contributed by atoms with Gasteiger partial charge in [-0.1, -0.05) is 140 Å². The highest BCUT2D eigenvalue weighted by molar-refractivity contribution is 6.10. The molecule has 0 fully saturated rings. The highest BCUT2D eigenvalue weighted by Gasteiger charge is 2.59. The number of nitrogens with zero attached hydrogens (tertiary/aromatic N) is 2. The van der Waals surface area contributed by atoms with E-state index in [4.69, 9.17) is 0 Å². The van der Waals surface area contributed by atoms with Crippen molar-refractivity contribution in [3.8, 4) is 5.69 Å². The fraction of sp³-hybridized carbons (Fsp3) is 0.200. The summed E-state index contributed by atoms with van der Waals surface area (Å²) in [5.41, 5.74) is 25.4. The Morgan fingerprint density at radius 3 is 2.27 bits per heavy atom. The monoisotopic (exact) mass is 862 g/mol. The van der Waals surface area contributed by atoms with Gasteiger partial charge in [-0.05, 0) is 180 Å². The van der Waals surface area contributed by atoms with E-state index in [0.29, 0.717) is 11.8 Å². The maximum atomic E-state index is 2.65. The largest absolute Gasteiger partial charge is 0.314 e. The molecule has 0 aliphatic heterocycles. The highest BCUT2D eigenvalue weighted by Crippen LogP contribution is 2.68. The van der Waals surface area contributed by atoms with Gasteiger partial charge in [0, 0.05) is 50.7 Å². The predicted molar refractivity (Wildman–Crippen MR) is 281 cm³/mol. The molecule has 8 aliphatic rings. The molecule has 1 spiro atoms. The van der Waals surface area contributed by atoms with Gasteiger partial charge < -0.3 is 9.47 Å². The number of anilines is 2. The van der Waals surface area contributed by atoms with E-state index in [1.54, 1.807) is 11.1 Å². The number of fused-ring (bicyclic) bond motifs is 13. The van der Waals surface area contributed by atoms with Crippen LogP contribution in [0.25, 0.3) is 39.1 Å². The van der Waals surface area contributed by atoms with Crippen LogP contribution in [0.4, 0.5) is 11.4 Å².